The highest BCUT2D eigenvalue weighted by atomic mass is 32.2. The minimum absolute atomic E-state index is 0.0388. The third-order valence-corrected chi connectivity index (χ3v) is 8.03. The second-order valence-electron chi connectivity index (χ2n) is 9.53. The first-order chi connectivity index (χ1) is 17.3. The lowest BCUT2D eigenvalue weighted by Crippen LogP contribution is -2.46. The molecule has 0 spiro atoms. The number of fused-ring (bicyclic) bond motifs is 2. The zero-order chi connectivity index (χ0) is 25.3. The van der Waals surface area contributed by atoms with Crippen LogP contribution in [0.3, 0.4) is 0 Å². The Labute approximate surface area is 212 Å². The van der Waals surface area contributed by atoms with Crippen molar-refractivity contribution in [3.63, 3.8) is 0 Å². The number of nitrogens with zero attached hydrogens (tertiary/aromatic N) is 2. The Bertz CT molecular complexity index is 1330. The Morgan fingerprint density at radius 1 is 1.28 bits per heavy atom. The van der Waals surface area contributed by atoms with E-state index < -0.39 is 0 Å². The van der Waals surface area contributed by atoms with Crippen molar-refractivity contribution in [1.29, 1.82) is 0 Å². The van der Waals surface area contributed by atoms with Crippen molar-refractivity contribution in [2.45, 2.75) is 49.6 Å². The number of pyridine rings is 2. The van der Waals surface area contributed by atoms with Crippen LogP contribution in [0.1, 0.15) is 38.2 Å². The molecule has 0 radical (unpaired) electrons. The molecular weight excluding hydrogens is 481 g/mol. The number of carbonyl (C=O) groups is 2. The number of hydrogen-bond donors (Lipinski definition) is 3. The van der Waals surface area contributed by atoms with Gasteiger partial charge in [-0.15, -0.1) is 11.8 Å². The SMILES string of the molecule is COc1ccc2nccc(NC(=O)C3CCC(C)(NCc4cc5c(cc4F)SCC(=O)N5)CC3)c2n1. The highest BCUT2D eigenvalue weighted by Crippen LogP contribution is 2.36. The van der Waals surface area contributed by atoms with Crippen molar-refractivity contribution < 1.29 is 18.7 Å². The van der Waals surface area contributed by atoms with Crippen LogP contribution in [0.25, 0.3) is 11.0 Å². The summed E-state index contributed by atoms with van der Waals surface area (Å²) >= 11 is 1.35. The maximum Gasteiger partial charge on any atom is 0.234 e. The maximum absolute atomic E-state index is 14.7. The summed E-state index contributed by atoms with van der Waals surface area (Å²) in [6.07, 6.45) is 4.65. The number of hydrogen-bond acceptors (Lipinski definition) is 7. The molecule has 0 bridgehead atoms. The van der Waals surface area contributed by atoms with Gasteiger partial charge in [-0.25, -0.2) is 9.37 Å². The quantitative estimate of drug-likeness (QED) is 0.449. The van der Waals surface area contributed by atoms with Crippen molar-refractivity contribution in [3.05, 3.63) is 47.9 Å². The van der Waals surface area contributed by atoms with Gasteiger partial charge in [0.05, 0.1) is 29.8 Å². The number of anilines is 2. The molecule has 1 saturated carbocycles. The zero-order valence-electron chi connectivity index (χ0n) is 20.2. The number of halogens is 1. The first kappa shape index (κ1) is 24.5. The second-order valence-corrected chi connectivity index (χ2v) is 10.6. The Morgan fingerprint density at radius 2 is 2.08 bits per heavy atom. The van der Waals surface area contributed by atoms with E-state index in [2.05, 4.69) is 32.8 Å². The lowest BCUT2D eigenvalue weighted by Gasteiger charge is -2.38. The third kappa shape index (κ3) is 5.15. The van der Waals surface area contributed by atoms with E-state index in [1.807, 2.05) is 6.07 Å². The van der Waals surface area contributed by atoms with Gasteiger partial charge in [0, 0.05) is 40.7 Å². The van der Waals surface area contributed by atoms with Crippen molar-refractivity contribution in [1.82, 2.24) is 15.3 Å². The highest BCUT2D eigenvalue weighted by Gasteiger charge is 2.34. The summed E-state index contributed by atoms with van der Waals surface area (Å²) in [6.45, 7) is 2.46. The molecule has 0 unspecified atom stereocenters. The standard InChI is InChI=1S/C26H28FN5O3S/c1-26(29-13-16-11-20-21(12-17(16)27)36-14-22(33)30-20)8-5-15(6-9-26)25(34)31-19-7-10-28-18-3-4-23(35-2)32-24(18)19/h3-4,7,10-12,15,29H,5-6,8-9,13-14H2,1-2H3,(H,30,33)(H,28,31,34). The smallest absolute Gasteiger partial charge is 0.234 e. The molecule has 3 aromatic rings. The van der Waals surface area contributed by atoms with Crippen molar-refractivity contribution >= 4 is 46.0 Å². The van der Waals surface area contributed by atoms with Gasteiger partial charge in [-0.1, -0.05) is 0 Å². The first-order valence-electron chi connectivity index (χ1n) is 11.9. The third-order valence-electron chi connectivity index (χ3n) is 6.97. The van der Waals surface area contributed by atoms with Gasteiger partial charge in [0.2, 0.25) is 17.7 Å². The number of benzene rings is 1. The van der Waals surface area contributed by atoms with Crippen LogP contribution in [-0.2, 0) is 16.1 Å². The first-order valence-corrected chi connectivity index (χ1v) is 12.9. The molecule has 1 fully saturated rings. The zero-order valence-corrected chi connectivity index (χ0v) is 21.0. The average Bonchev–Trinajstić information content (AvgIpc) is 2.88. The number of rotatable bonds is 6. The summed E-state index contributed by atoms with van der Waals surface area (Å²) in [5.74, 6) is 0.248. The predicted octanol–water partition coefficient (Wildman–Crippen LogP) is 4.50. The molecule has 2 aromatic heterocycles. The van der Waals surface area contributed by atoms with Crippen LogP contribution in [0, 0.1) is 11.7 Å². The van der Waals surface area contributed by atoms with Crippen LogP contribution in [0.4, 0.5) is 15.8 Å². The topological polar surface area (TPSA) is 105 Å². The molecule has 0 atom stereocenters. The van der Waals surface area contributed by atoms with E-state index in [0.717, 1.165) is 17.7 Å². The van der Waals surface area contributed by atoms with Crippen LogP contribution in [-0.4, -0.2) is 40.2 Å². The summed E-state index contributed by atoms with van der Waals surface area (Å²) in [4.78, 5) is 34.3. The predicted molar refractivity (Wildman–Crippen MR) is 138 cm³/mol. The van der Waals surface area contributed by atoms with E-state index in [-0.39, 0.29) is 29.1 Å². The number of amides is 2. The summed E-state index contributed by atoms with van der Waals surface area (Å²) < 4.78 is 19.9. The second kappa shape index (κ2) is 10.0. The molecule has 2 amide bonds. The molecule has 1 aliphatic heterocycles. The van der Waals surface area contributed by atoms with E-state index in [9.17, 15) is 14.0 Å². The van der Waals surface area contributed by atoms with E-state index >= 15 is 0 Å². The molecule has 2 aliphatic rings. The number of carbonyl (C=O) groups excluding carboxylic acids is 2. The Hall–Kier alpha value is -3.24. The molecule has 36 heavy (non-hydrogen) atoms. The minimum atomic E-state index is -0.281. The molecule has 3 heterocycles. The highest BCUT2D eigenvalue weighted by molar-refractivity contribution is 8.00. The van der Waals surface area contributed by atoms with Gasteiger partial charge in [0.25, 0.3) is 0 Å². The van der Waals surface area contributed by atoms with E-state index in [0.29, 0.717) is 59.0 Å². The van der Waals surface area contributed by atoms with E-state index in [4.69, 9.17) is 4.74 Å². The van der Waals surface area contributed by atoms with Crippen molar-refractivity contribution in [2.24, 2.45) is 5.92 Å². The Kier molecular flexibility index (Phi) is 6.81. The summed E-state index contributed by atoms with van der Waals surface area (Å²) in [7, 11) is 1.55. The van der Waals surface area contributed by atoms with Gasteiger partial charge in [-0.3, -0.25) is 14.6 Å². The van der Waals surface area contributed by atoms with Crippen molar-refractivity contribution in [2.75, 3.05) is 23.5 Å². The van der Waals surface area contributed by atoms with Gasteiger partial charge in [0.1, 0.15) is 11.3 Å². The van der Waals surface area contributed by atoms with Crippen molar-refractivity contribution in [3.8, 4) is 5.88 Å². The summed E-state index contributed by atoms with van der Waals surface area (Å²) in [6, 6.07) is 8.50. The lowest BCUT2D eigenvalue weighted by atomic mass is 9.77. The number of thioether (sulfide) groups is 1. The fraction of sp³-hybridized carbons (Fsp3) is 0.385. The number of nitrogens with one attached hydrogen (secondary N) is 3. The van der Waals surface area contributed by atoms with Crippen LogP contribution >= 0.6 is 11.8 Å². The van der Waals surface area contributed by atoms with Crippen LogP contribution in [0.5, 0.6) is 5.88 Å². The average molecular weight is 510 g/mol. The number of methoxy groups -OCH3 is 1. The van der Waals surface area contributed by atoms with Gasteiger partial charge in [0.15, 0.2) is 0 Å². The van der Waals surface area contributed by atoms with E-state index in [1.165, 1.54) is 17.8 Å². The molecule has 1 aromatic carbocycles. The fourth-order valence-corrected chi connectivity index (χ4v) is 5.55. The van der Waals surface area contributed by atoms with Gasteiger partial charge >= 0.3 is 0 Å². The lowest BCUT2D eigenvalue weighted by molar-refractivity contribution is -0.121. The number of aromatic nitrogens is 2. The number of ether oxygens (including phenoxy) is 1. The largest absolute Gasteiger partial charge is 0.481 e. The fourth-order valence-electron chi connectivity index (χ4n) is 4.74. The summed E-state index contributed by atoms with van der Waals surface area (Å²) in [5.41, 5.74) is 2.86. The minimum Gasteiger partial charge on any atom is -0.481 e. The van der Waals surface area contributed by atoms with Gasteiger partial charge in [-0.2, -0.15) is 0 Å². The normalized spacial score (nSPS) is 21.5. The molecule has 0 saturated heterocycles. The Balaban J connectivity index is 1.20. The molecule has 188 valence electrons. The molecule has 1 aliphatic carbocycles. The van der Waals surface area contributed by atoms with Crippen LogP contribution in [0.2, 0.25) is 0 Å². The Morgan fingerprint density at radius 3 is 2.86 bits per heavy atom. The van der Waals surface area contributed by atoms with Gasteiger partial charge in [-0.05, 0) is 56.9 Å². The summed E-state index contributed by atoms with van der Waals surface area (Å²) in [5, 5.41) is 9.34. The van der Waals surface area contributed by atoms with Gasteiger partial charge < -0.3 is 20.7 Å². The molecule has 10 heteroatoms. The molecule has 5 rings (SSSR count). The molecule has 3 N–H and O–H groups in total. The maximum atomic E-state index is 14.7. The molecule has 8 nitrogen and oxygen atoms in total. The monoisotopic (exact) mass is 509 g/mol. The molecular formula is C26H28FN5O3S. The van der Waals surface area contributed by atoms with Crippen LogP contribution < -0.4 is 20.7 Å². The van der Waals surface area contributed by atoms with Crippen LogP contribution in [0.15, 0.2) is 41.4 Å². The van der Waals surface area contributed by atoms with E-state index in [1.54, 1.807) is 31.5 Å².